The average molecular weight is 373 g/mol. The minimum absolute atomic E-state index is 0.285. The monoisotopic (exact) mass is 373 g/mol. The van der Waals surface area contributed by atoms with E-state index >= 15 is 0 Å². The van der Waals surface area contributed by atoms with Crippen LogP contribution in [0, 0.1) is 11.8 Å². The lowest BCUT2D eigenvalue weighted by atomic mass is 10.0. The summed E-state index contributed by atoms with van der Waals surface area (Å²) in [4.78, 5) is 29.4. The normalized spacial score (nSPS) is 13.2. The van der Waals surface area contributed by atoms with E-state index in [1.54, 1.807) is 11.5 Å². The Morgan fingerprint density at radius 1 is 1.16 bits per heavy atom. The number of rotatable bonds is 6. The topological polar surface area (TPSA) is 136 Å². The molecule has 0 amide bonds. The average Bonchev–Trinajstić information content (AvgIpc) is 2.90. The fourth-order valence-corrected chi connectivity index (χ4v) is 2.04. The van der Waals surface area contributed by atoms with Gasteiger partial charge in [-0.1, -0.05) is 27.7 Å². The molecular weight excluding hydrogens is 345 g/mol. The number of hydrogen-bond donors (Lipinski definition) is 3. The summed E-state index contributed by atoms with van der Waals surface area (Å²) in [5.41, 5.74) is 6.70. The van der Waals surface area contributed by atoms with E-state index in [9.17, 15) is 4.57 Å². The lowest BCUT2D eigenvalue weighted by molar-refractivity contribution is 0.0764. The molecule has 142 valence electrons. The summed E-state index contributed by atoms with van der Waals surface area (Å²) in [6.07, 6.45) is 1.85. The highest BCUT2D eigenvalue weighted by Crippen LogP contribution is 2.34. The second-order valence-corrected chi connectivity index (χ2v) is 8.17. The molecule has 1 atom stereocenters. The minimum Gasteiger partial charge on any atom is -0.382 e. The molecule has 25 heavy (non-hydrogen) atoms. The molecule has 0 saturated heterocycles. The van der Waals surface area contributed by atoms with Gasteiger partial charge in [0.2, 0.25) is 0 Å². The highest BCUT2D eigenvalue weighted by atomic mass is 31.2. The molecule has 4 N–H and O–H groups in total. The summed E-state index contributed by atoms with van der Waals surface area (Å²) in [6.45, 7) is 11.0. The third kappa shape index (κ3) is 7.48. The van der Waals surface area contributed by atoms with E-state index in [4.69, 9.17) is 20.3 Å². The maximum atomic E-state index is 10.7. The molecule has 0 unspecified atom stereocenters. The molecule has 0 aliphatic heterocycles. The van der Waals surface area contributed by atoms with E-state index in [1.807, 2.05) is 0 Å². The van der Waals surface area contributed by atoms with Crippen molar-refractivity contribution in [1.82, 2.24) is 19.5 Å². The van der Waals surface area contributed by atoms with Crippen molar-refractivity contribution in [1.29, 1.82) is 0 Å². The predicted octanol–water partition coefficient (Wildman–Crippen LogP) is 2.25. The van der Waals surface area contributed by atoms with Crippen LogP contribution in [0.5, 0.6) is 0 Å². The minimum atomic E-state index is -4.16. The lowest BCUT2D eigenvalue weighted by Crippen LogP contribution is -2.17. The summed E-state index contributed by atoms with van der Waals surface area (Å²) in [6, 6.07) is 0. The number of ether oxygens (including phenoxy) is 1. The zero-order valence-electron chi connectivity index (χ0n) is 15.3. The Bertz CT molecular complexity index is 707. The molecule has 0 aromatic carbocycles. The fourth-order valence-electron chi connectivity index (χ4n) is 1.59. The maximum absolute atomic E-state index is 10.7. The van der Waals surface area contributed by atoms with Crippen molar-refractivity contribution in [3.63, 3.8) is 0 Å². The SMILES string of the molecule is CC(C)C(C)C.C[C@H](Cn1cnc2c(N)ncnc21)OCP(=O)(O)O. The zero-order chi connectivity index (χ0) is 19.2. The van der Waals surface area contributed by atoms with Gasteiger partial charge in [0.25, 0.3) is 0 Å². The smallest absolute Gasteiger partial charge is 0.350 e. The van der Waals surface area contributed by atoms with Gasteiger partial charge >= 0.3 is 7.60 Å². The van der Waals surface area contributed by atoms with Crippen LogP contribution >= 0.6 is 7.60 Å². The van der Waals surface area contributed by atoms with E-state index in [0.717, 1.165) is 11.8 Å². The number of nitrogens with two attached hydrogens (primary N) is 1. The third-order valence-corrected chi connectivity index (χ3v) is 4.23. The number of nitrogens with zero attached hydrogens (tertiary/aromatic N) is 4. The van der Waals surface area contributed by atoms with E-state index in [1.165, 1.54) is 12.7 Å². The summed E-state index contributed by atoms with van der Waals surface area (Å²) in [7, 11) is -4.16. The van der Waals surface area contributed by atoms with Gasteiger partial charge in [0.05, 0.1) is 19.0 Å². The summed E-state index contributed by atoms with van der Waals surface area (Å²) < 4.78 is 17.5. The van der Waals surface area contributed by atoms with E-state index in [0.29, 0.717) is 17.7 Å². The van der Waals surface area contributed by atoms with Crippen molar-refractivity contribution in [3.05, 3.63) is 12.7 Å². The summed E-state index contributed by atoms with van der Waals surface area (Å²) in [5, 5.41) is 0. The first-order chi connectivity index (χ1) is 11.5. The molecule has 2 aromatic heterocycles. The molecule has 0 radical (unpaired) electrons. The van der Waals surface area contributed by atoms with E-state index in [-0.39, 0.29) is 5.82 Å². The molecule has 0 aliphatic carbocycles. The maximum Gasteiger partial charge on any atom is 0.350 e. The number of anilines is 1. The van der Waals surface area contributed by atoms with E-state index in [2.05, 4.69) is 42.6 Å². The van der Waals surface area contributed by atoms with Crippen LogP contribution in [-0.2, 0) is 15.8 Å². The zero-order valence-corrected chi connectivity index (χ0v) is 16.2. The molecule has 0 bridgehead atoms. The van der Waals surface area contributed by atoms with Crippen molar-refractivity contribution in [2.45, 2.75) is 47.3 Å². The van der Waals surface area contributed by atoms with Crippen molar-refractivity contribution < 1.29 is 19.1 Å². The van der Waals surface area contributed by atoms with Crippen molar-refractivity contribution in [2.24, 2.45) is 11.8 Å². The Kier molecular flexibility index (Phi) is 7.95. The largest absolute Gasteiger partial charge is 0.382 e. The number of hydrogen-bond acceptors (Lipinski definition) is 6. The van der Waals surface area contributed by atoms with Crippen LogP contribution in [0.1, 0.15) is 34.6 Å². The first-order valence-electron chi connectivity index (χ1n) is 8.08. The Hall–Kier alpha value is -1.54. The molecule has 0 spiro atoms. The van der Waals surface area contributed by atoms with E-state index < -0.39 is 20.0 Å². The van der Waals surface area contributed by atoms with Gasteiger partial charge < -0.3 is 24.8 Å². The van der Waals surface area contributed by atoms with Crippen LogP contribution < -0.4 is 5.73 Å². The fraction of sp³-hybridized carbons (Fsp3) is 0.667. The molecule has 0 fully saturated rings. The predicted molar refractivity (Wildman–Crippen MR) is 96.9 cm³/mol. The van der Waals surface area contributed by atoms with Crippen LogP contribution in [0.4, 0.5) is 5.82 Å². The Morgan fingerprint density at radius 3 is 2.28 bits per heavy atom. The Labute approximate surface area is 147 Å². The molecule has 9 nitrogen and oxygen atoms in total. The quantitative estimate of drug-likeness (QED) is 0.656. The van der Waals surface area contributed by atoms with Crippen molar-refractivity contribution in [3.8, 4) is 0 Å². The lowest BCUT2D eigenvalue weighted by Gasteiger charge is -2.14. The van der Waals surface area contributed by atoms with Crippen LogP contribution in [0.25, 0.3) is 11.2 Å². The van der Waals surface area contributed by atoms with Crippen molar-refractivity contribution >= 4 is 24.6 Å². The van der Waals surface area contributed by atoms with Crippen LogP contribution in [0.2, 0.25) is 0 Å². The van der Waals surface area contributed by atoms with Gasteiger partial charge in [-0.2, -0.15) is 0 Å². The third-order valence-electron chi connectivity index (χ3n) is 3.74. The molecular formula is C15H28N5O4P. The molecule has 10 heteroatoms. The molecule has 2 heterocycles. The Morgan fingerprint density at radius 2 is 1.76 bits per heavy atom. The first-order valence-corrected chi connectivity index (χ1v) is 9.88. The first kappa shape index (κ1) is 21.5. The van der Waals surface area contributed by atoms with Crippen LogP contribution in [0.3, 0.4) is 0 Å². The van der Waals surface area contributed by atoms with Gasteiger partial charge in [0.15, 0.2) is 11.5 Å². The number of fused-ring (bicyclic) bond motifs is 1. The van der Waals surface area contributed by atoms with Gasteiger partial charge in [-0.25, -0.2) is 15.0 Å². The number of imidazole rings is 1. The highest BCUT2D eigenvalue weighted by Gasteiger charge is 2.16. The molecule has 0 aliphatic rings. The number of aromatic nitrogens is 4. The number of nitrogen functional groups attached to an aromatic ring is 1. The van der Waals surface area contributed by atoms with Gasteiger partial charge in [0, 0.05) is 0 Å². The summed E-state index contributed by atoms with van der Waals surface area (Å²) in [5.74, 6) is 1.99. The second kappa shape index (κ2) is 9.24. The second-order valence-electron chi connectivity index (χ2n) is 6.59. The highest BCUT2D eigenvalue weighted by molar-refractivity contribution is 7.51. The van der Waals surface area contributed by atoms with Crippen LogP contribution in [0.15, 0.2) is 12.7 Å². The Balaban J connectivity index is 0.000000450. The molecule has 0 saturated carbocycles. The van der Waals surface area contributed by atoms with Crippen molar-refractivity contribution in [2.75, 3.05) is 12.1 Å². The van der Waals surface area contributed by atoms with Gasteiger partial charge in [-0.3, -0.25) is 4.57 Å². The van der Waals surface area contributed by atoms with Crippen LogP contribution in [-0.4, -0.2) is 41.8 Å². The summed E-state index contributed by atoms with van der Waals surface area (Å²) >= 11 is 0. The van der Waals surface area contributed by atoms with Gasteiger partial charge in [-0.05, 0) is 18.8 Å². The standard InChI is InChI=1S/C9H14N5O4P.C6H14/c1-6(18-5-19(15,16)17)2-14-4-13-7-8(10)11-3-12-9(7)14;1-5(2)6(3)4/h3-4,6H,2,5H2,1H3,(H2,10,11,12)(H2,15,16,17);5-6H,1-4H3/t6-;/m1./s1. The van der Waals surface area contributed by atoms with Gasteiger partial charge in [-0.15, -0.1) is 0 Å². The molecule has 2 aromatic rings. The van der Waals surface area contributed by atoms with Gasteiger partial charge in [0.1, 0.15) is 18.2 Å². The molecule has 2 rings (SSSR count).